The molecule has 0 bridgehead atoms. The summed E-state index contributed by atoms with van der Waals surface area (Å²) in [5.74, 6) is 7.84. The summed E-state index contributed by atoms with van der Waals surface area (Å²) in [6, 6.07) is 32.2. The Balaban J connectivity index is 0.937. The standard InChI is InChI=1S/C41H37N5O2/c47-39(25-28-9-3-1-4-10-28)45-21-7-13-37(45)36-27-32-23-30(17-19-33(32)42-36)15-16-31-18-20-34-35(24-31)44-41(43-34)38-14-8-22-46(38)40(48)26-29-11-5-2-6-12-29/h1-6,9-12,17-20,23-24,37-38H,7-8,13-14,21-22,25-27H2,(H,43,44)/t37-,38-/m0/s1. The van der Waals surface area contributed by atoms with Crippen LogP contribution in [-0.4, -0.2) is 56.4 Å². The molecule has 2 amide bonds. The fourth-order valence-electron chi connectivity index (χ4n) is 7.41. The average molecular weight is 632 g/mol. The molecule has 4 heterocycles. The van der Waals surface area contributed by atoms with Gasteiger partial charge in [0.15, 0.2) is 0 Å². The molecular formula is C41H37N5O2. The maximum atomic E-state index is 13.2. The molecule has 3 aliphatic rings. The van der Waals surface area contributed by atoms with Crippen LogP contribution in [0.15, 0.2) is 102 Å². The van der Waals surface area contributed by atoms with Crippen LogP contribution < -0.4 is 0 Å². The molecule has 7 nitrogen and oxygen atoms in total. The number of H-pyrrole nitrogens is 1. The fraction of sp³-hybridized carbons (Fsp3) is 0.268. The highest BCUT2D eigenvalue weighted by Gasteiger charge is 2.35. The number of nitrogens with one attached hydrogen (secondary N) is 1. The summed E-state index contributed by atoms with van der Waals surface area (Å²) in [6.07, 6.45) is 5.42. The molecule has 0 unspecified atom stereocenters. The molecule has 2 atom stereocenters. The number of benzene rings is 4. The van der Waals surface area contributed by atoms with Gasteiger partial charge in [-0.3, -0.25) is 14.6 Å². The van der Waals surface area contributed by atoms with E-state index < -0.39 is 0 Å². The van der Waals surface area contributed by atoms with E-state index in [2.05, 4.69) is 22.9 Å². The van der Waals surface area contributed by atoms with Crippen molar-refractivity contribution in [3.8, 4) is 11.8 Å². The molecule has 238 valence electrons. The van der Waals surface area contributed by atoms with Crippen LogP contribution in [0, 0.1) is 11.8 Å². The van der Waals surface area contributed by atoms with E-state index in [-0.39, 0.29) is 23.9 Å². The van der Waals surface area contributed by atoms with E-state index in [9.17, 15) is 9.59 Å². The number of carbonyl (C=O) groups excluding carboxylic acids is 2. The van der Waals surface area contributed by atoms with Gasteiger partial charge in [0.25, 0.3) is 0 Å². The highest BCUT2D eigenvalue weighted by atomic mass is 16.2. The maximum Gasteiger partial charge on any atom is 0.227 e. The number of likely N-dealkylation sites (tertiary alicyclic amines) is 2. The number of aliphatic imine (C=N–C) groups is 1. The van der Waals surface area contributed by atoms with Gasteiger partial charge in [0.2, 0.25) is 11.8 Å². The SMILES string of the molecule is O=C(Cc1ccccc1)N1CCC[C@H]1C1=Nc2ccc(C#Cc3ccc4nc([C@@H]5CCCN5C(=O)Cc5ccccc5)[nH]c4c3)cc2C1. The van der Waals surface area contributed by atoms with Crippen molar-refractivity contribution in [3.05, 3.63) is 131 Å². The van der Waals surface area contributed by atoms with Crippen LogP contribution in [0.1, 0.15) is 65.4 Å². The van der Waals surface area contributed by atoms with Crippen LogP contribution in [0.4, 0.5) is 5.69 Å². The number of hydrogen-bond acceptors (Lipinski definition) is 4. The number of amides is 2. The second-order valence-electron chi connectivity index (χ2n) is 13.0. The smallest absolute Gasteiger partial charge is 0.227 e. The van der Waals surface area contributed by atoms with Gasteiger partial charge in [-0.15, -0.1) is 0 Å². The Labute approximate surface area is 280 Å². The largest absolute Gasteiger partial charge is 0.340 e. The lowest BCUT2D eigenvalue weighted by molar-refractivity contribution is -0.131. The van der Waals surface area contributed by atoms with Crippen molar-refractivity contribution in [3.63, 3.8) is 0 Å². The van der Waals surface area contributed by atoms with Crippen LogP contribution in [0.2, 0.25) is 0 Å². The minimum absolute atomic E-state index is 0.0417. The molecule has 7 heteroatoms. The van der Waals surface area contributed by atoms with E-state index in [1.807, 2.05) is 101 Å². The van der Waals surface area contributed by atoms with Crippen molar-refractivity contribution in [2.75, 3.05) is 13.1 Å². The highest BCUT2D eigenvalue weighted by Crippen LogP contribution is 2.34. The summed E-state index contributed by atoms with van der Waals surface area (Å²) in [5, 5.41) is 0. The van der Waals surface area contributed by atoms with Gasteiger partial charge in [0, 0.05) is 36.3 Å². The number of aromatic nitrogens is 2. The van der Waals surface area contributed by atoms with Crippen molar-refractivity contribution in [2.24, 2.45) is 4.99 Å². The van der Waals surface area contributed by atoms with Gasteiger partial charge < -0.3 is 14.8 Å². The molecule has 5 aromatic rings. The Kier molecular flexibility index (Phi) is 8.07. The van der Waals surface area contributed by atoms with Crippen molar-refractivity contribution in [2.45, 2.75) is 57.0 Å². The summed E-state index contributed by atoms with van der Waals surface area (Å²) in [4.78, 5) is 43.8. The van der Waals surface area contributed by atoms with Gasteiger partial charge in [-0.2, -0.15) is 0 Å². The zero-order valence-electron chi connectivity index (χ0n) is 26.9. The minimum atomic E-state index is -0.0417. The van der Waals surface area contributed by atoms with E-state index in [0.29, 0.717) is 12.8 Å². The molecule has 4 aromatic carbocycles. The normalized spacial score (nSPS) is 18.5. The molecule has 2 fully saturated rings. The van der Waals surface area contributed by atoms with Gasteiger partial charge in [-0.05, 0) is 78.8 Å². The molecule has 2 saturated heterocycles. The number of fused-ring (bicyclic) bond motifs is 2. The lowest BCUT2D eigenvalue weighted by atomic mass is 10.0. The molecule has 3 aliphatic heterocycles. The Morgan fingerprint density at radius 2 is 1.33 bits per heavy atom. The lowest BCUT2D eigenvalue weighted by Crippen LogP contribution is -2.41. The van der Waals surface area contributed by atoms with Crippen LogP contribution >= 0.6 is 0 Å². The summed E-state index contributed by atoms with van der Waals surface area (Å²) < 4.78 is 0. The molecule has 0 radical (unpaired) electrons. The molecule has 1 N–H and O–H groups in total. The van der Waals surface area contributed by atoms with Crippen LogP contribution in [0.3, 0.4) is 0 Å². The quantitative estimate of drug-likeness (QED) is 0.211. The van der Waals surface area contributed by atoms with Crippen LogP contribution in [0.25, 0.3) is 11.0 Å². The topological polar surface area (TPSA) is 81.7 Å². The summed E-state index contributed by atoms with van der Waals surface area (Å²) in [5.41, 5.74) is 8.95. The Hall–Kier alpha value is -5.48. The number of hydrogen-bond donors (Lipinski definition) is 1. The molecule has 0 spiro atoms. The number of nitrogens with zero attached hydrogens (tertiary/aromatic N) is 4. The van der Waals surface area contributed by atoms with Crippen molar-refractivity contribution < 1.29 is 9.59 Å². The minimum Gasteiger partial charge on any atom is -0.340 e. The first-order valence-electron chi connectivity index (χ1n) is 17.0. The lowest BCUT2D eigenvalue weighted by Gasteiger charge is -2.25. The molecule has 0 saturated carbocycles. The molecule has 8 rings (SSSR count). The van der Waals surface area contributed by atoms with E-state index >= 15 is 0 Å². The van der Waals surface area contributed by atoms with E-state index in [0.717, 1.165) is 101 Å². The Morgan fingerprint density at radius 3 is 2.02 bits per heavy atom. The Morgan fingerprint density at radius 1 is 0.729 bits per heavy atom. The number of carbonyl (C=O) groups is 2. The van der Waals surface area contributed by atoms with Gasteiger partial charge in [0.1, 0.15) is 5.82 Å². The first-order valence-corrected chi connectivity index (χ1v) is 17.0. The number of imidazole rings is 1. The van der Waals surface area contributed by atoms with Crippen LogP contribution in [0.5, 0.6) is 0 Å². The third-order valence-corrected chi connectivity index (χ3v) is 9.81. The highest BCUT2D eigenvalue weighted by molar-refractivity contribution is 6.00. The average Bonchev–Trinajstić information content (AvgIpc) is 3.93. The summed E-state index contributed by atoms with van der Waals surface area (Å²) >= 11 is 0. The van der Waals surface area contributed by atoms with Gasteiger partial charge in [0.05, 0.1) is 41.6 Å². The zero-order chi connectivity index (χ0) is 32.5. The van der Waals surface area contributed by atoms with E-state index in [1.54, 1.807) is 0 Å². The van der Waals surface area contributed by atoms with Crippen molar-refractivity contribution in [1.29, 1.82) is 0 Å². The fourth-order valence-corrected chi connectivity index (χ4v) is 7.41. The first kappa shape index (κ1) is 29.9. The monoisotopic (exact) mass is 631 g/mol. The van der Waals surface area contributed by atoms with Crippen molar-refractivity contribution in [1.82, 2.24) is 19.8 Å². The van der Waals surface area contributed by atoms with Gasteiger partial charge in [-0.1, -0.05) is 72.5 Å². The van der Waals surface area contributed by atoms with Crippen LogP contribution in [-0.2, 0) is 28.9 Å². The Bertz CT molecular complexity index is 2090. The molecule has 48 heavy (non-hydrogen) atoms. The predicted octanol–water partition coefficient (Wildman–Crippen LogP) is 6.73. The predicted molar refractivity (Wildman–Crippen MR) is 188 cm³/mol. The first-order chi connectivity index (χ1) is 23.6. The zero-order valence-corrected chi connectivity index (χ0v) is 26.9. The second kappa shape index (κ2) is 13.0. The second-order valence-corrected chi connectivity index (χ2v) is 13.0. The third-order valence-electron chi connectivity index (χ3n) is 9.81. The molecular weight excluding hydrogens is 594 g/mol. The van der Waals surface area contributed by atoms with Gasteiger partial charge >= 0.3 is 0 Å². The maximum absolute atomic E-state index is 13.2. The van der Waals surface area contributed by atoms with Gasteiger partial charge in [-0.25, -0.2) is 4.98 Å². The van der Waals surface area contributed by atoms with Crippen molar-refractivity contribution >= 4 is 34.2 Å². The molecule has 0 aliphatic carbocycles. The third kappa shape index (κ3) is 6.14. The summed E-state index contributed by atoms with van der Waals surface area (Å²) in [7, 11) is 0. The van der Waals surface area contributed by atoms with E-state index in [1.165, 1.54) is 0 Å². The number of aromatic amines is 1. The summed E-state index contributed by atoms with van der Waals surface area (Å²) in [6.45, 7) is 1.54. The number of rotatable bonds is 6. The molecule has 1 aromatic heterocycles. The van der Waals surface area contributed by atoms with E-state index in [4.69, 9.17) is 9.98 Å².